The van der Waals surface area contributed by atoms with Crippen molar-refractivity contribution in [2.75, 3.05) is 5.32 Å². The molecule has 0 aliphatic heterocycles. The molecule has 120 valence electrons. The first-order valence-corrected chi connectivity index (χ1v) is 7.07. The van der Waals surface area contributed by atoms with E-state index in [1.54, 1.807) is 18.4 Å². The zero-order valence-electron chi connectivity index (χ0n) is 12.5. The van der Waals surface area contributed by atoms with Crippen molar-refractivity contribution >= 4 is 28.9 Å². The molecular formula is C15H14ClN3O4. The fourth-order valence-corrected chi connectivity index (χ4v) is 2.41. The highest BCUT2D eigenvalue weighted by molar-refractivity contribution is 6.33. The smallest absolute Gasteiger partial charge is 0.271 e. The van der Waals surface area contributed by atoms with Gasteiger partial charge in [-0.3, -0.25) is 19.7 Å². The summed E-state index contributed by atoms with van der Waals surface area (Å²) < 4.78 is 1.69. The first-order chi connectivity index (χ1) is 10.8. The summed E-state index contributed by atoms with van der Waals surface area (Å²) in [5.74, 6) is -0.351. The van der Waals surface area contributed by atoms with Gasteiger partial charge in [0, 0.05) is 35.7 Å². The molecule has 0 radical (unpaired) electrons. The van der Waals surface area contributed by atoms with Gasteiger partial charge in [0.15, 0.2) is 5.43 Å². The number of anilines is 1. The molecule has 0 fully saturated rings. The summed E-state index contributed by atoms with van der Waals surface area (Å²) >= 11 is 5.94. The van der Waals surface area contributed by atoms with Crippen LogP contribution in [-0.2, 0) is 11.3 Å². The molecule has 0 saturated heterocycles. The summed E-state index contributed by atoms with van der Waals surface area (Å²) in [6.45, 7) is 3.48. The number of aromatic nitrogens is 1. The molecule has 1 heterocycles. The fraction of sp³-hybridized carbons (Fsp3) is 0.200. The normalized spacial score (nSPS) is 10.4. The maximum atomic E-state index is 12.1. The highest BCUT2D eigenvalue weighted by Gasteiger charge is 2.13. The molecule has 2 rings (SSSR count). The van der Waals surface area contributed by atoms with Gasteiger partial charge in [-0.15, -0.1) is 0 Å². The molecule has 0 atom stereocenters. The third kappa shape index (κ3) is 3.95. The van der Waals surface area contributed by atoms with E-state index in [-0.39, 0.29) is 28.6 Å². The van der Waals surface area contributed by atoms with Crippen molar-refractivity contribution in [2.45, 2.75) is 20.4 Å². The molecule has 23 heavy (non-hydrogen) atoms. The van der Waals surface area contributed by atoms with Crippen LogP contribution in [0.1, 0.15) is 11.4 Å². The number of halogens is 1. The number of aryl methyl sites for hydroxylation is 2. The standard InChI is InChI=1S/C15H14ClN3O4/c1-9-5-12(20)6-10(2)18(9)8-15(21)17-14-4-3-11(19(22)23)7-13(14)16/h3-7H,8H2,1-2H3,(H,17,21). The summed E-state index contributed by atoms with van der Waals surface area (Å²) in [5, 5.41) is 13.3. The number of benzene rings is 1. The second-order valence-electron chi connectivity index (χ2n) is 5.03. The molecule has 0 unspecified atom stereocenters. The SMILES string of the molecule is Cc1cc(=O)cc(C)n1CC(=O)Nc1ccc([N+](=O)[O-])cc1Cl. The Balaban J connectivity index is 2.18. The van der Waals surface area contributed by atoms with E-state index in [0.717, 1.165) is 0 Å². The quantitative estimate of drug-likeness (QED) is 0.686. The zero-order valence-corrected chi connectivity index (χ0v) is 13.3. The van der Waals surface area contributed by atoms with Gasteiger partial charge in [0.05, 0.1) is 15.6 Å². The van der Waals surface area contributed by atoms with Gasteiger partial charge in [-0.05, 0) is 19.9 Å². The van der Waals surface area contributed by atoms with E-state index in [0.29, 0.717) is 17.1 Å². The lowest BCUT2D eigenvalue weighted by molar-refractivity contribution is -0.384. The summed E-state index contributed by atoms with van der Waals surface area (Å²) in [6, 6.07) is 6.70. The number of nitrogens with zero attached hydrogens (tertiary/aromatic N) is 2. The first-order valence-electron chi connectivity index (χ1n) is 6.70. The van der Waals surface area contributed by atoms with Crippen LogP contribution >= 0.6 is 11.6 Å². The summed E-state index contributed by atoms with van der Waals surface area (Å²) in [7, 11) is 0. The molecule has 7 nitrogen and oxygen atoms in total. The Hall–Kier alpha value is -2.67. The van der Waals surface area contributed by atoms with Gasteiger partial charge in [0.2, 0.25) is 5.91 Å². The molecular weight excluding hydrogens is 322 g/mol. The highest BCUT2D eigenvalue weighted by atomic mass is 35.5. The predicted octanol–water partition coefficient (Wildman–Crippen LogP) is 2.67. The molecule has 0 bridgehead atoms. The number of nitro benzene ring substituents is 1. The second-order valence-corrected chi connectivity index (χ2v) is 5.44. The predicted molar refractivity (Wildman–Crippen MR) is 86.9 cm³/mol. The van der Waals surface area contributed by atoms with Gasteiger partial charge in [-0.2, -0.15) is 0 Å². The third-order valence-corrected chi connectivity index (χ3v) is 3.61. The van der Waals surface area contributed by atoms with Gasteiger partial charge in [0.1, 0.15) is 6.54 Å². The Kier molecular flexibility index (Phi) is 4.80. The summed E-state index contributed by atoms with van der Waals surface area (Å²) in [5.41, 5.74) is 1.36. The number of carbonyl (C=O) groups excluding carboxylic acids is 1. The minimum absolute atomic E-state index is 0.00522. The van der Waals surface area contributed by atoms with Crippen molar-refractivity contribution < 1.29 is 9.72 Å². The Labute approximate surface area is 136 Å². The first kappa shape index (κ1) is 16.7. The van der Waals surface area contributed by atoms with E-state index >= 15 is 0 Å². The van der Waals surface area contributed by atoms with Crippen LogP contribution in [-0.4, -0.2) is 15.4 Å². The summed E-state index contributed by atoms with van der Waals surface area (Å²) in [6.07, 6.45) is 0. The van der Waals surface area contributed by atoms with E-state index in [2.05, 4.69) is 5.32 Å². The number of carbonyl (C=O) groups is 1. The van der Waals surface area contributed by atoms with Gasteiger partial charge in [-0.25, -0.2) is 0 Å². The number of nitro groups is 1. The monoisotopic (exact) mass is 335 g/mol. The molecule has 1 N–H and O–H groups in total. The van der Waals surface area contributed by atoms with Crippen LogP contribution in [0.25, 0.3) is 0 Å². The minimum atomic E-state index is -0.565. The van der Waals surface area contributed by atoms with E-state index in [1.807, 2.05) is 0 Å². The third-order valence-electron chi connectivity index (χ3n) is 3.29. The highest BCUT2D eigenvalue weighted by Crippen LogP contribution is 2.26. The van der Waals surface area contributed by atoms with E-state index in [1.165, 1.54) is 30.3 Å². The van der Waals surface area contributed by atoms with Gasteiger partial charge < -0.3 is 9.88 Å². The average molecular weight is 336 g/mol. The number of nitrogens with one attached hydrogen (secondary N) is 1. The Bertz CT molecular complexity index is 819. The van der Waals surface area contributed by atoms with Crippen LogP contribution in [0, 0.1) is 24.0 Å². The maximum Gasteiger partial charge on any atom is 0.271 e. The number of non-ortho nitro benzene ring substituents is 1. The molecule has 1 aromatic heterocycles. The van der Waals surface area contributed by atoms with Crippen LogP contribution < -0.4 is 10.7 Å². The topological polar surface area (TPSA) is 94.2 Å². The zero-order chi connectivity index (χ0) is 17.1. The largest absolute Gasteiger partial charge is 0.340 e. The maximum absolute atomic E-state index is 12.1. The molecule has 0 aliphatic rings. The van der Waals surface area contributed by atoms with Crippen molar-refractivity contribution in [3.8, 4) is 0 Å². The van der Waals surface area contributed by atoms with E-state index < -0.39 is 4.92 Å². The van der Waals surface area contributed by atoms with Crippen LogP contribution in [0.3, 0.4) is 0 Å². The molecule has 1 aromatic carbocycles. The second kappa shape index (κ2) is 6.62. The van der Waals surface area contributed by atoms with Crippen molar-refractivity contribution in [1.29, 1.82) is 0 Å². The molecule has 2 aromatic rings. The van der Waals surface area contributed by atoms with Gasteiger partial charge in [0.25, 0.3) is 5.69 Å². The average Bonchev–Trinajstić information content (AvgIpc) is 2.44. The number of hydrogen-bond acceptors (Lipinski definition) is 4. The molecule has 1 amide bonds. The number of amides is 1. The lowest BCUT2D eigenvalue weighted by Crippen LogP contribution is -2.23. The number of hydrogen-bond donors (Lipinski definition) is 1. The van der Waals surface area contributed by atoms with E-state index in [9.17, 15) is 19.7 Å². The van der Waals surface area contributed by atoms with E-state index in [4.69, 9.17) is 11.6 Å². The Morgan fingerprint density at radius 3 is 2.39 bits per heavy atom. The molecule has 0 aliphatic carbocycles. The van der Waals surface area contributed by atoms with Crippen LogP contribution in [0.2, 0.25) is 5.02 Å². The lowest BCUT2D eigenvalue weighted by atomic mass is 10.2. The Morgan fingerprint density at radius 2 is 1.87 bits per heavy atom. The van der Waals surface area contributed by atoms with Gasteiger partial charge >= 0.3 is 0 Å². The van der Waals surface area contributed by atoms with Crippen molar-refractivity contribution in [3.63, 3.8) is 0 Å². The van der Waals surface area contributed by atoms with Crippen molar-refractivity contribution in [3.05, 3.63) is 67.1 Å². The Morgan fingerprint density at radius 1 is 1.26 bits per heavy atom. The summed E-state index contributed by atoms with van der Waals surface area (Å²) in [4.78, 5) is 33.6. The van der Waals surface area contributed by atoms with Gasteiger partial charge in [-0.1, -0.05) is 11.6 Å². The van der Waals surface area contributed by atoms with Crippen molar-refractivity contribution in [2.24, 2.45) is 0 Å². The van der Waals surface area contributed by atoms with Crippen LogP contribution in [0.15, 0.2) is 35.1 Å². The van der Waals surface area contributed by atoms with Crippen molar-refractivity contribution in [1.82, 2.24) is 4.57 Å². The van der Waals surface area contributed by atoms with Crippen LogP contribution in [0.4, 0.5) is 11.4 Å². The van der Waals surface area contributed by atoms with Crippen LogP contribution in [0.5, 0.6) is 0 Å². The molecule has 8 heteroatoms. The molecule has 0 spiro atoms. The molecule has 0 saturated carbocycles. The fourth-order valence-electron chi connectivity index (χ4n) is 2.19. The number of rotatable bonds is 4. The number of pyridine rings is 1. The lowest BCUT2D eigenvalue weighted by Gasteiger charge is -2.14. The minimum Gasteiger partial charge on any atom is -0.340 e.